The molecule has 2 saturated heterocycles. The van der Waals surface area contributed by atoms with Gasteiger partial charge in [-0.2, -0.15) is 4.31 Å². The maximum atomic E-state index is 13.7. The molecule has 2 aliphatic heterocycles. The standard InChI is InChI=1S/C34H47NO8S/c1-5-26-18-29-31(16-25-21-41-34(42-26)33(25)29)43-32(37)17-24(15-23-9-7-6-8-10-23)30(36)20-35(19-22(2)3)44(38,39)28-13-11-27(40-4)12-14-28/h6-14,22,24-26,29-31,33-34,36H,5,15-21H2,1-4H3/t24?,25?,26-,29?,30-,31+,33-,34+/m1/s1. The van der Waals surface area contributed by atoms with Crippen molar-refractivity contribution in [3.8, 4) is 5.75 Å². The highest BCUT2D eigenvalue weighted by molar-refractivity contribution is 7.89. The molecule has 1 aliphatic carbocycles. The third-order valence-electron chi connectivity index (χ3n) is 9.41. The molecule has 44 heavy (non-hydrogen) atoms. The molecule has 1 N–H and O–H groups in total. The van der Waals surface area contributed by atoms with Gasteiger partial charge in [-0.1, -0.05) is 51.1 Å². The Labute approximate surface area is 261 Å². The van der Waals surface area contributed by atoms with Crippen LogP contribution >= 0.6 is 0 Å². The Morgan fingerprint density at radius 3 is 2.45 bits per heavy atom. The van der Waals surface area contributed by atoms with Crippen LogP contribution in [0.4, 0.5) is 0 Å². The van der Waals surface area contributed by atoms with E-state index in [0.717, 1.165) is 24.8 Å². The predicted octanol–water partition coefficient (Wildman–Crippen LogP) is 4.67. The summed E-state index contributed by atoms with van der Waals surface area (Å²) in [7, 11) is -2.39. The first-order valence-corrected chi connectivity index (χ1v) is 17.4. The molecule has 3 fully saturated rings. The van der Waals surface area contributed by atoms with Crippen LogP contribution in [-0.4, -0.2) is 75.2 Å². The lowest BCUT2D eigenvalue weighted by molar-refractivity contribution is -0.210. The summed E-state index contributed by atoms with van der Waals surface area (Å²) in [6, 6.07) is 15.9. The van der Waals surface area contributed by atoms with Crippen molar-refractivity contribution >= 4 is 16.0 Å². The molecule has 2 aromatic rings. The van der Waals surface area contributed by atoms with Crippen LogP contribution in [-0.2, 0) is 35.4 Å². The van der Waals surface area contributed by atoms with Crippen molar-refractivity contribution in [3.05, 3.63) is 60.2 Å². The van der Waals surface area contributed by atoms with E-state index in [9.17, 15) is 18.3 Å². The van der Waals surface area contributed by atoms with Crippen LogP contribution in [0.1, 0.15) is 52.0 Å². The Morgan fingerprint density at radius 2 is 1.80 bits per heavy atom. The van der Waals surface area contributed by atoms with E-state index in [-0.39, 0.29) is 66.6 Å². The Hall–Kier alpha value is -2.50. The number of benzene rings is 2. The highest BCUT2D eigenvalue weighted by atomic mass is 32.2. The van der Waals surface area contributed by atoms with Crippen LogP contribution < -0.4 is 4.74 Å². The van der Waals surface area contributed by atoms with Crippen LogP contribution in [0.2, 0.25) is 0 Å². The van der Waals surface area contributed by atoms with Crippen LogP contribution in [0.5, 0.6) is 5.75 Å². The van der Waals surface area contributed by atoms with Crippen LogP contribution in [0.3, 0.4) is 0 Å². The number of carbonyl (C=O) groups is 1. The van der Waals surface area contributed by atoms with Gasteiger partial charge in [-0.3, -0.25) is 4.79 Å². The predicted molar refractivity (Wildman–Crippen MR) is 165 cm³/mol. The molecule has 0 bridgehead atoms. The number of aliphatic hydroxyl groups excluding tert-OH is 1. The third kappa shape index (κ3) is 7.48. The van der Waals surface area contributed by atoms with E-state index in [4.69, 9.17) is 18.9 Å². The van der Waals surface area contributed by atoms with Gasteiger partial charge in [0.05, 0.1) is 37.2 Å². The zero-order chi connectivity index (χ0) is 31.4. The van der Waals surface area contributed by atoms with Crippen molar-refractivity contribution in [1.29, 1.82) is 0 Å². The number of rotatable bonds is 14. The first-order chi connectivity index (χ1) is 21.1. The van der Waals surface area contributed by atoms with Crippen molar-refractivity contribution in [2.24, 2.45) is 29.6 Å². The summed E-state index contributed by atoms with van der Waals surface area (Å²) >= 11 is 0. The molecule has 8 atom stereocenters. The van der Waals surface area contributed by atoms with Gasteiger partial charge in [-0.25, -0.2) is 8.42 Å². The Morgan fingerprint density at radius 1 is 1.07 bits per heavy atom. The van der Waals surface area contributed by atoms with Gasteiger partial charge in [0.25, 0.3) is 0 Å². The van der Waals surface area contributed by atoms with Gasteiger partial charge >= 0.3 is 5.97 Å². The van der Waals surface area contributed by atoms with Gasteiger partial charge < -0.3 is 24.1 Å². The van der Waals surface area contributed by atoms with Crippen molar-refractivity contribution < 1.29 is 37.3 Å². The average Bonchev–Trinajstić information content (AvgIpc) is 3.58. The lowest BCUT2D eigenvalue weighted by Gasteiger charge is -2.37. The van der Waals surface area contributed by atoms with Crippen LogP contribution in [0.25, 0.3) is 0 Å². The minimum absolute atomic E-state index is 0.0135. The summed E-state index contributed by atoms with van der Waals surface area (Å²) in [5, 5.41) is 11.6. The highest BCUT2D eigenvalue weighted by Gasteiger charge is 2.56. The van der Waals surface area contributed by atoms with Gasteiger partial charge in [0, 0.05) is 30.8 Å². The maximum Gasteiger partial charge on any atom is 0.306 e. The topological polar surface area (TPSA) is 112 Å². The van der Waals surface area contributed by atoms with E-state index in [2.05, 4.69) is 6.92 Å². The van der Waals surface area contributed by atoms with Crippen LogP contribution in [0, 0.1) is 29.6 Å². The molecule has 0 radical (unpaired) electrons. The van der Waals surface area contributed by atoms with Crippen LogP contribution in [0.15, 0.2) is 59.5 Å². The molecule has 9 nitrogen and oxygen atoms in total. The quantitative estimate of drug-likeness (QED) is 0.300. The largest absolute Gasteiger partial charge is 0.497 e. The SMILES string of the molecule is CC[C@@H]1CC2[C@H]3C(CO[C@H]3O1)C[C@@H]2OC(=O)CC(Cc1ccccc1)[C@H](O)CN(CC(C)C)S(=O)(=O)c1ccc(OC)cc1. The second kappa shape index (κ2) is 14.3. The number of carbonyl (C=O) groups excluding carboxylic acids is 1. The number of methoxy groups -OCH3 is 1. The zero-order valence-corrected chi connectivity index (χ0v) is 27.0. The number of ether oxygens (including phenoxy) is 4. The van der Waals surface area contributed by atoms with Gasteiger partial charge in [0.1, 0.15) is 11.9 Å². The molecule has 242 valence electrons. The van der Waals surface area contributed by atoms with E-state index < -0.39 is 22.0 Å². The minimum Gasteiger partial charge on any atom is -0.497 e. The molecular formula is C34H47NO8S. The maximum absolute atomic E-state index is 13.7. The van der Waals surface area contributed by atoms with Gasteiger partial charge in [-0.05, 0) is 67.3 Å². The first-order valence-electron chi connectivity index (χ1n) is 15.9. The summed E-state index contributed by atoms with van der Waals surface area (Å²) in [5.74, 6) is 0.438. The molecule has 3 unspecified atom stereocenters. The number of hydrogen-bond acceptors (Lipinski definition) is 8. The van der Waals surface area contributed by atoms with Crippen molar-refractivity contribution in [2.45, 2.75) is 82.4 Å². The van der Waals surface area contributed by atoms with Crippen molar-refractivity contribution in [3.63, 3.8) is 0 Å². The summed E-state index contributed by atoms with van der Waals surface area (Å²) in [6.07, 6.45) is 1.45. The Balaban J connectivity index is 1.32. The van der Waals surface area contributed by atoms with Gasteiger partial charge in [0.2, 0.25) is 10.0 Å². The van der Waals surface area contributed by atoms with Gasteiger partial charge in [0.15, 0.2) is 6.29 Å². The fraction of sp³-hybridized carbons (Fsp3) is 0.618. The molecule has 0 spiro atoms. The molecule has 2 aromatic carbocycles. The number of sulfonamides is 1. The zero-order valence-electron chi connectivity index (χ0n) is 26.2. The Bertz CT molecular complexity index is 1330. The lowest BCUT2D eigenvalue weighted by atomic mass is 9.83. The fourth-order valence-corrected chi connectivity index (χ4v) is 8.79. The number of nitrogens with zero attached hydrogens (tertiary/aromatic N) is 1. The summed E-state index contributed by atoms with van der Waals surface area (Å²) in [6.45, 7) is 6.69. The normalized spacial score (nSPS) is 27.7. The molecule has 0 amide bonds. The number of esters is 1. The second-order valence-corrected chi connectivity index (χ2v) is 14.9. The average molecular weight is 630 g/mol. The molecule has 5 rings (SSSR count). The van der Waals surface area contributed by atoms with E-state index in [1.807, 2.05) is 44.2 Å². The Kier molecular flexibility index (Phi) is 10.7. The fourth-order valence-electron chi connectivity index (χ4n) is 7.17. The third-order valence-corrected chi connectivity index (χ3v) is 11.3. The van der Waals surface area contributed by atoms with Crippen molar-refractivity contribution in [2.75, 3.05) is 26.8 Å². The molecular weight excluding hydrogens is 582 g/mol. The highest BCUT2D eigenvalue weighted by Crippen LogP contribution is 2.51. The summed E-state index contributed by atoms with van der Waals surface area (Å²) in [4.78, 5) is 13.7. The summed E-state index contributed by atoms with van der Waals surface area (Å²) in [5.41, 5.74) is 0.961. The van der Waals surface area contributed by atoms with E-state index in [1.54, 1.807) is 12.1 Å². The molecule has 10 heteroatoms. The van der Waals surface area contributed by atoms with E-state index >= 15 is 0 Å². The molecule has 0 aromatic heterocycles. The molecule has 3 aliphatic rings. The second-order valence-electron chi connectivity index (χ2n) is 13.0. The molecule has 2 heterocycles. The molecule has 1 saturated carbocycles. The summed E-state index contributed by atoms with van der Waals surface area (Å²) < 4.78 is 52.2. The monoisotopic (exact) mass is 629 g/mol. The van der Waals surface area contributed by atoms with Crippen molar-refractivity contribution in [1.82, 2.24) is 4.31 Å². The number of aliphatic hydroxyl groups is 1. The van der Waals surface area contributed by atoms with E-state index in [1.165, 1.54) is 23.5 Å². The lowest BCUT2D eigenvalue weighted by Crippen LogP contribution is -2.43. The smallest absolute Gasteiger partial charge is 0.306 e. The van der Waals surface area contributed by atoms with E-state index in [0.29, 0.717) is 24.7 Å². The number of hydrogen-bond donors (Lipinski definition) is 1. The van der Waals surface area contributed by atoms with Gasteiger partial charge in [-0.15, -0.1) is 0 Å². The minimum atomic E-state index is -3.92. The first kappa shape index (κ1) is 32.9.